The SMILES string of the molecule is NC(=NCc1cccc2ccccc12)c1c(Nc2ccc(Oc3ccccc3)cc2)s[nH]c1=O. The van der Waals surface area contributed by atoms with E-state index in [9.17, 15) is 4.79 Å². The monoisotopic (exact) mass is 466 g/mol. The van der Waals surface area contributed by atoms with E-state index in [-0.39, 0.29) is 11.4 Å². The average Bonchev–Trinajstić information content (AvgIpc) is 3.24. The van der Waals surface area contributed by atoms with Crippen molar-refractivity contribution in [3.63, 3.8) is 0 Å². The van der Waals surface area contributed by atoms with Crippen LogP contribution in [-0.4, -0.2) is 10.2 Å². The van der Waals surface area contributed by atoms with Crippen molar-refractivity contribution in [2.24, 2.45) is 10.7 Å². The number of nitrogens with one attached hydrogen (secondary N) is 2. The van der Waals surface area contributed by atoms with Crippen molar-refractivity contribution >= 4 is 38.8 Å². The summed E-state index contributed by atoms with van der Waals surface area (Å²) < 4.78 is 8.58. The molecule has 5 aromatic rings. The molecule has 1 aromatic heterocycles. The molecular formula is C27H22N4O2S. The second-order valence-corrected chi connectivity index (χ2v) is 8.46. The number of rotatable bonds is 7. The first kappa shape index (κ1) is 21.5. The van der Waals surface area contributed by atoms with Gasteiger partial charge in [-0.05, 0) is 64.3 Å². The molecule has 4 aromatic carbocycles. The lowest BCUT2D eigenvalue weighted by Gasteiger charge is -2.09. The molecule has 0 spiro atoms. The highest BCUT2D eigenvalue weighted by molar-refractivity contribution is 7.10. The van der Waals surface area contributed by atoms with E-state index in [0.717, 1.165) is 33.5 Å². The molecule has 6 nitrogen and oxygen atoms in total. The standard InChI is InChI=1S/C27H22N4O2S/c28-25(29-17-19-9-6-8-18-7-4-5-12-23(18)19)24-26(32)31-34-27(24)30-20-13-15-22(16-14-20)33-21-10-2-1-3-11-21/h1-16,30H,17H2,(H2,28,29)(H,31,32). The van der Waals surface area contributed by atoms with E-state index < -0.39 is 0 Å². The Morgan fingerprint density at radius 2 is 1.59 bits per heavy atom. The van der Waals surface area contributed by atoms with Crippen molar-refractivity contribution in [3.05, 3.63) is 119 Å². The van der Waals surface area contributed by atoms with Gasteiger partial charge in [-0.25, -0.2) is 0 Å². The van der Waals surface area contributed by atoms with Crippen molar-refractivity contribution in [2.75, 3.05) is 5.32 Å². The van der Waals surface area contributed by atoms with Gasteiger partial charge in [0, 0.05) is 5.69 Å². The van der Waals surface area contributed by atoms with Gasteiger partial charge in [-0.15, -0.1) is 0 Å². The molecule has 0 unspecified atom stereocenters. The predicted octanol–water partition coefficient (Wildman–Crippen LogP) is 6.03. The van der Waals surface area contributed by atoms with E-state index in [1.165, 1.54) is 11.5 Å². The van der Waals surface area contributed by atoms with Gasteiger partial charge in [0.1, 0.15) is 27.9 Å². The van der Waals surface area contributed by atoms with Crippen molar-refractivity contribution < 1.29 is 4.74 Å². The molecule has 0 aliphatic rings. The lowest BCUT2D eigenvalue weighted by Crippen LogP contribution is -2.22. The molecule has 0 radical (unpaired) electrons. The normalized spacial score (nSPS) is 11.5. The van der Waals surface area contributed by atoms with Crippen LogP contribution < -0.4 is 21.3 Å². The van der Waals surface area contributed by atoms with Gasteiger partial charge in [0.15, 0.2) is 0 Å². The number of benzene rings is 4. The van der Waals surface area contributed by atoms with Crippen LogP contribution in [-0.2, 0) is 6.54 Å². The summed E-state index contributed by atoms with van der Waals surface area (Å²) in [5, 5.41) is 6.14. The quantitative estimate of drug-likeness (QED) is 0.202. The van der Waals surface area contributed by atoms with Crippen LogP contribution in [0.1, 0.15) is 11.1 Å². The number of hydrogen-bond donors (Lipinski definition) is 3. The third kappa shape index (κ3) is 4.69. The molecule has 4 N–H and O–H groups in total. The lowest BCUT2D eigenvalue weighted by atomic mass is 10.0. The topological polar surface area (TPSA) is 92.5 Å². The summed E-state index contributed by atoms with van der Waals surface area (Å²) in [4.78, 5) is 17.0. The Morgan fingerprint density at radius 3 is 2.41 bits per heavy atom. The minimum absolute atomic E-state index is 0.196. The van der Waals surface area contributed by atoms with Crippen LogP contribution in [0.5, 0.6) is 11.5 Å². The Bertz CT molecular complexity index is 1500. The number of H-pyrrole nitrogens is 1. The van der Waals surface area contributed by atoms with Gasteiger partial charge in [0.05, 0.1) is 6.54 Å². The minimum atomic E-state index is -0.268. The first-order chi connectivity index (χ1) is 16.7. The number of amidine groups is 1. The number of fused-ring (bicyclic) bond motifs is 1. The summed E-state index contributed by atoms with van der Waals surface area (Å²) in [6.07, 6.45) is 0. The van der Waals surface area contributed by atoms with Gasteiger partial charge in [0.25, 0.3) is 5.56 Å². The van der Waals surface area contributed by atoms with Crippen LogP contribution in [0.4, 0.5) is 10.7 Å². The summed E-state index contributed by atoms with van der Waals surface area (Å²) in [7, 11) is 0. The van der Waals surface area contributed by atoms with E-state index in [2.05, 4.69) is 32.9 Å². The number of nitrogens with two attached hydrogens (primary N) is 1. The summed E-state index contributed by atoms with van der Waals surface area (Å²) in [5.74, 6) is 1.68. The van der Waals surface area contributed by atoms with Crippen LogP contribution in [0.2, 0.25) is 0 Å². The lowest BCUT2D eigenvalue weighted by molar-refractivity contribution is 0.483. The van der Waals surface area contributed by atoms with Crippen LogP contribution >= 0.6 is 11.5 Å². The number of aliphatic imine (C=N–C) groups is 1. The Balaban J connectivity index is 1.34. The van der Waals surface area contributed by atoms with E-state index in [4.69, 9.17) is 10.5 Å². The van der Waals surface area contributed by atoms with Gasteiger partial charge in [0.2, 0.25) is 0 Å². The molecule has 1 heterocycles. The van der Waals surface area contributed by atoms with Crippen molar-refractivity contribution in [3.8, 4) is 11.5 Å². The number of para-hydroxylation sites is 1. The highest BCUT2D eigenvalue weighted by atomic mass is 32.1. The smallest absolute Gasteiger partial charge is 0.271 e. The van der Waals surface area contributed by atoms with E-state index in [0.29, 0.717) is 17.1 Å². The van der Waals surface area contributed by atoms with Gasteiger partial charge >= 0.3 is 0 Å². The number of aromatic nitrogens is 1. The number of aromatic amines is 1. The Kier molecular flexibility index (Phi) is 6.09. The van der Waals surface area contributed by atoms with Crippen LogP contribution in [0, 0.1) is 0 Å². The van der Waals surface area contributed by atoms with Crippen LogP contribution in [0.25, 0.3) is 10.8 Å². The summed E-state index contributed by atoms with van der Waals surface area (Å²) >= 11 is 1.19. The van der Waals surface area contributed by atoms with Gasteiger partial charge in [-0.3, -0.25) is 14.2 Å². The zero-order chi connectivity index (χ0) is 23.3. The molecule has 0 aliphatic carbocycles. The molecular weight excluding hydrogens is 444 g/mol. The summed E-state index contributed by atoms with van der Waals surface area (Å²) in [6.45, 7) is 0.382. The van der Waals surface area contributed by atoms with Crippen molar-refractivity contribution in [1.29, 1.82) is 0 Å². The number of hydrogen-bond acceptors (Lipinski definition) is 5. The predicted molar refractivity (Wildman–Crippen MR) is 140 cm³/mol. The maximum absolute atomic E-state index is 12.5. The number of ether oxygens (including phenoxy) is 1. The van der Waals surface area contributed by atoms with Crippen molar-refractivity contribution in [2.45, 2.75) is 6.54 Å². The van der Waals surface area contributed by atoms with Crippen molar-refractivity contribution in [1.82, 2.24) is 4.37 Å². The first-order valence-corrected chi connectivity index (χ1v) is 11.6. The van der Waals surface area contributed by atoms with E-state index in [1.54, 1.807) is 0 Å². The molecule has 7 heteroatoms. The Morgan fingerprint density at radius 1 is 0.882 bits per heavy atom. The van der Waals surface area contributed by atoms with Gasteiger partial charge < -0.3 is 15.8 Å². The maximum atomic E-state index is 12.5. The second kappa shape index (κ2) is 9.64. The molecule has 0 fully saturated rings. The van der Waals surface area contributed by atoms with Crippen LogP contribution in [0.3, 0.4) is 0 Å². The number of anilines is 2. The largest absolute Gasteiger partial charge is 0.457 e. The minimum Gasteiger partial charge on any atom is -0.457 e. The summed E-state index contributed by atoms with van der Waals surface area (Å²) in [5.41, 5.74) is 8.20. The zero-order valence-corrected chi connectivity index (χ0v) is 19.0. The molecule has 168 valence electrons. The van der Waals surface area contributed by atoms with Crippen LogP contribution in [0.15, 0.2) is 107 Å². The van der Waals surface area contributed by atoms with E-state index >= 15 is 0 Å². The molecule has 0 aliphatic heterocycles. The fourth-order valence-corrected chi connectivity index (χ4v) is 4.43. The Hall–Kier alpha value is -4.36. The molecule has 0 bridgehead atoms. The molecule has 0 atom stereocenters. The highest BCUT2D eigenvalue weighted by Crippen LogP contribution is 2.27. The first-order valence-electron chi connectivity index (χ1n) is 10.8. The fraction of sp³-hybridized carbons (Fsp3) is 0.0370. The summed E-state index contributed by atoms with van der Waals surface area (Å²) in [6, 6.07) is 31.3. The molecule has 0 amide bonds. The third-order valence-corrected chi connectivity index (χ3v) is 6.14. The third-order valence-electron chi connectivity index (χ3n) is 5.35. The molecule has 0 saturated carbocycles. The zero-order valence-electron chi connectivity index (χ0n) is 18.2. The Labute approximate surface area is 200 Å². The van der Waals surface area contributed by atoms with Gasteiger partial charge in [-0.2, -0.15) is 0 Å². The fourth-order valence-electron chi connectivity index (χ4n) is 3.67. The molecule has 0 saturated heterocycles. The van der Waals surface area contributed by atoms with Gasteiger partial charge in [-0.1, -0.05) is 60.7 Å². The maximum Gasteiger partial charge on any atom is 0.271 e. The van der Waals surface area contributed by atoms with E-state index in [1.807, 2.05) is 78.9 Å². The number of nitrogens with zero attached hydrogens (tertiary/aromatic N) is 1. The highest BCUT2D eigenvalue weighted by Gasteiger charge is 2.15. The second-order valence-electron chi connectivity index (χ2n) is 7.64. The average molecular weight is 467 g/mol. The molecule has 34 heavy (non-hydrogen) atoms. The molecule has 5 rings (SSSR count).